The first-order chi connectivity index (χ1) is 17.3. The minimum Gasteiger partial charge on any atom is -0.335 e. The van der Waals surface area contributed by atoms with Crippen molar-refractivity contribution in [2.75, 3.05) is 26.2 Å². The highest BCUT2D eigenvalue weighted by molar-refractivity contribution is 6.06. The lowest BCUT2D eigenvalue weighted by atomic mass is 10.1. The summed E-state index contributed by atoms with van der Waals surface area (Å²) in [5, 5.41) is 5.21. The summed E-state index contributed by atoms with van der Waals surface area (Å²) in [5.74, 6) is -0.735. The molecule has 0 atom stereocenters. The Labute approximate surface area is 209 Å². The number of benzene rings is 2. The van der Waals surface area contributed by atoms with Crippen LogP contribution in [0.25, 0.3) is 22.3 Å². The highest BCUT2D eigenvalue weighted by Crippen LogP contribution is 2.27. The maximum Gasteiger partial charge on any atom is 0.254 e. The second-order valence-corrected chi connectivity index (χ2v) is 9.39. The average molecular weight is 486 g/mol. The van der Waals surface area contributed by atoms with Crippen molar-refractivity contribution >= 4 is 22.8 Å². The molecule has 0 unspecified atom stereocenters. The zero-order valence-corrected chi connectivity index (χ0v) is 20.6. The van der Waals surface area contributed by atoms with E-state index >= 15 is 0 Å². The van der Waals surface area contributed by atoms with E-state index < -0.39 is 5.82 Å². The van der Waals surface area contributed by atoms with Crippen molar-refractivity contribution in [1.82, 2.24) is 24.6 Å². The number of hydrogen-bond acceptors (Lipinski definition) is 4. The third kappa shape index (κ3) is 4.34. The molecule has 36 heavy (non-hydrogen) atoms. The van der Waals surface area contributed by atoms with Crippen molar-refractivity contribution in [2.24, 2.45) is 0 Å². The summed E-state index contributed by atoms with van der Waals surface area (Å²) in [4.78, 5) is 34.9. The standard InChI is InChI=1S/C28H28FN5O2/c1-18(2)34-26-23(17-30-34)22(16-25(31-26)20-7-5-4-6-8-20)28(36)33-13-11-32(12-14-33)27(35)21-10-9-19(3)24(29)15-21/h4-10,15-18H,11-14H2,1-3H3. The van der Waals surface area contributed by atoms with Gasteiger partial charge < -0.3 is 9.80 Å². The lowest BCUT2D eigenvalue weighted by Crippen LogP contribution is -2.50. The molecule has 1 aliphatic heterocycles. The molecule has 2 aromatic heterocycles. The number of amides is 2. The predicted molar refractivity (Wildman–Crippen MR) is 136 cm³/mol. The molecule has 5 rings (SSSR count). The second kappa shape index (κ2) is 9.53. The van der Waals surface area contributed by atoms with E-state index in [-0.39, 0.29) is 17.9 Å². The fraction of sp³-hybridized carbons (Fsp3) is 0.286. The van der Waals surface area contributed by atoms with Gasteiger partial charge in [-0.3, -0.25) is 9.59 Å². The van der Waals surface area contributed by atoms with Gasteiger partial charge in [-0.05, 0) is 44.5 Å². The molecule has 8 heteroatoms. The van der Waals surface area contributed by atoms with E-state index in [1.165, 1.54) is 6.07 Å². The summed E-state index contributed by atoms with van der Waals surface area (Å²) >= 11 is 0. The Hall–Kier alpha value is -4.07. The van der Waals surface area contributed by atoms with Gasteiger partial charge in [0.1, 0.15) is 5.82 Å². The number of halogens is 1. The number of aromatic nitrogens is 3. The highest BCUT2D eigenvalue weighted by Gasteiger charge is 2.28. The number of carbonyl (C=O) groups excluding carboxylic acids is 2. The van der Waals surface area contributed by atoms with Crippen molar-refractivity contribution in [3.05, 3.63) is 83.3 Å². The Morgan fingerprint density at radius 2 is 1.58 bits per heavy atom. The molecule has 0 saturated carbocycles. The molecule has 0 spiro atoms. The van der Waals surface area contributed by atoms with E-state index in [4.69, 9.17) is 4.98 Å². The van der Waals surface area contributed by atoms with Crippen LogP contribution in [0.3, 0.4) is 0 Å². The van der Waals surface area contributed by atoms with Crippen LogP contribution in [-0.2, 0) is 0 Å². The Bertz CT molecular complexity index is 1440. The molecule has 4 aromatic rings. The number of pyridine rings is 1. The number of hydrogen-bond donors (Lipinski definition) is 0. The van der Waals surface area contributed by atoms with Crippen molar-refractivity contribution in [1.29, 1.82) is 0 Å². The molecule has 184 valence electrons. The van der Waals surface area contributed by atoms with E-state index in [1.54, 1.807) is 35.1 Å². The topological polar surface area (TPSA) is 71.3 Å². The first kappa shape index (κ1) is 23.7. The third-order valence-electron chi connectivity index (χ3n) is 6.63. The summed E-state index contributed by atoms with van der Waals surface area (Å²) in [5.41, 5.74) is 3.68. The molecular weight excluding hydrogens is 457 g/mol. The minimum absolute atomic E-state index is 0.0881. The van der Waals surface area contributed by atoms with E-state index in [2.05, 4.69) is 5.10 Å². The molecule has 2 amide bonds. The number of fused-ring (bicyclic) bond motifs is 1. The van der Waals surface area contributed by atoms with Gasteiger partial charge in [-0.25, -0.2) is 14.1 Å². The Morgan fingerprint density at radius 1 is 0.917 bits per heavy atom. The van der Waals surface area contributed by atoms with Gasteiger partial charge in [0.2, 0.25) is 0 Å². The Morgan fingerprint density at radius 3 is 2.22 bits per heavy atom. The normalized spacial score (nSPS) is 14.0. The van der Waals surface area contributed by atoms with Crippen LogP contribution in [0.2, 0.25) is 0 Å². The zero-order chi connectivity index (χ0) is 25.4. The van der Waals surface area contributed by atoms with Crippen LogP contribution in [0, 0.1) is 12.7 Å². The molecule has 7 nitrogen and oxygen atoms in total. The van der Waals surface area contributed by atoms with Gasteiger partial charge in [0.15, 0.2) is 5.65 Å². The fourth-order valence-electron chi connectivity index (χ4n) is 4.52. The number of nitrogens with zero attached hydrogens (tertiary/aromatic N) is 5. The van der Waals surface area contributed by atoms with Gasteiger partial charge in [-0.15, -0.1) is 0 Å². The SMILES string of the molecule is Cc1ccc(C(=O)N2CCN(C(=O)c3cc(-c4ccccc4)nc4c3cnn4C(C)C)CC2)cc1F. The van der Waals surface area contributed by atoms with Gasteiger partial charge in [-0.2, -0.15) is 5.10 Å². The monoisotopic (exact) mass is 485 g/mol. The summed E-state index contributed by atoms with van der Waals surface area (Å²) < 4.78 is 15.8. The van der Waals surface area contributed by atoms with Crippen LogP contribution in [0.4, 0.5) is 4.39 Å². The third-order valence-corrected chi connectivity index (χ3v) is 6.63. The maximum absolute atomic E-state index is 14.0. The molecule has 0 radical (unpaired) electrons. The van der Waals surface area contributed by atoms with Crippen LogP contribution >= 0.6 is 0 Å². The number of rotatable bonds is 4. The smallest absolute Gasteiger partial charge is 0.254 e. The zero-order valence-electron chi connectivity index (χ0n) is 20.6. The lowest BCUT2D eigenvalue weighted by molar-refractivity contribution is 0.0536. The molecule has 0 aliphatic carbocycles. The number of piperazine rings is 1. The van der Waals surface area contributed by atoms with Gasteiger partial charge in [-0.1, -0.05) is 36.4 Å². The summed E-state index contributed by atoms with van der Waals surface area (Å²) in [6, 6.07) is 16.2. The van der Waals surface area contributed by atoms with E-state index in [0.29, 0.717) is 59.6 Å². The molecule has 2 aromatic carbocycles. The molecule has 0 bridgehead atoms. The van der Waals surface area contributed by atoms with Crippen molar-refractivity contribution in [3.8, 4) is 11.3 Å². The van der Waals surface area contributed by atoms with Crippen LogP contribution in [-0.4, -0.2) is 62.6 Å². The maximum atomic E-state index is 14.0. The molecule has 1 saturated heterocycles. The molecule has 0 N–H and O–H groups in total. The van der Waals surface area contributed by atoms with Crippen molar-refractivity contribution in [2.45, 2.75) is 26.8 Å². The first-order valence-corrected chi connectivity index (χ1v) is 12.1. The van der Waals surface area contributed by atoms with Crippen molar-refractivity contribution in [3.63, 3.8) is 0 Å². The first-order valence-electron chi connectivity index (χ1n) is 12.1. The van der Waals surface area contributed by atoms with Crippen LogP contribution in [0.1, 0.15) is 46.2 Å². The summed E-state index contributed by atoms with van der Waals surface area (Å²) in [7, 11) is 0. The predicted octanol–water partition coefficient (Wildman–Crippen LogP) is 4.72. The summed E-state index contributed by atoms with van der Waals surface area (Å²) in [6.45, 7) is 7.26. The Kier molecular flexibility index (Phi) is 6.26. The summed E-state index contributed by atoms with van der Waals surface area (Å²) in [6.07, 6.45) is 1.70. The van der Waals surface area contributed by atoms with Crippen LogP contribution in [0.15, 0.2) is 60.8 Å². The molecular formula is C28H28FN5O2. The van der Waals surface area contributed by atoms with Crippen LogP contribution < -0.4 is 0 Å². The second-order valence-electron chi connectivity index (χ2n) is 9.39. The van der Waals surface area contributed by atoms with Gasteiger partial charge in [0, 0.05) is 43.3 Å². The van der Waals surface area contributed by atoms with E-state index in [9.17, 15) is 14.0 Å². The van der Waals surface area contributed by atoms with Gasteiger partial charge >= 0.3 is 0 Å². The number of aryl methyl sites for hydroxylation is 1. The minimum atomic E-state index is -0.396. The Balaban J connectivity index is 1.41. The number of carbonyl (C=O) groups is 2. The fourth-order valence-corrected chi connectivity index (χ4v) is 4.52. The largest absolute Gasteiger partial charge is 0.335 e. The molecule has 1 aliphatic rings. The highest BCUT2D eigenvalue weighted by atomic mass is 19.1. The van der Waals surface area contributed by atoms with Gasteiger partial charge in [0.05, 0.1) is 22.8 Å². The van der Waals surface area contributed by atoms with Crippen LogP contribution in [0.5, 0.6) is 0 Å². The average Bonchev–Trinajstić information content (AvgIpc) is 3.34. The van der Waals surface area contributed by atoms with E-state index in [0.717, 1.165) is 5.56 Å². The lowest BCUT2D eigenvalue weighted by Gasteiger charge is -2.35. The van der Waals surface area contributed by atoms with E-state index in [1.807, 2.05) is 54.9 Å². The molecule has 1 fully saturated rings. The van der Waals surface area contributed by atoms with Crippen molar-refractivity contribution < 1.29 is 14.0 Å². The molecule has 3 heterocycles. The van der Waals surface area contributed by atoms with Gasteiger partial charge in [0.25, 0.3) is 11.8 Å². The quantitative estimate of drug-likeness (QED) is 0.419.